The number of aromatic carboxylic acids is 1. The van der Waals surface area contributed by atoms with Crippen molar-refractivity contribution in [3.63, 3.8) is 0 Å². The number of nitrogens with zero attached hydrogens (tertiary/aromatic N) is 3. The fraction of sp³-hybridized carbons (Fsp3) is 0.240. The molecule has 35 heavy (non-hydrogen) atoms. The van der Waals surface area contributed by atoms with Crippen LogP contribution in [0.3, 0.4) is 0 Å². The second-order valence-electron chi connectivity index (χ2n) is 7.75. The van der Waals surface area contributed by atoms with Crippen molar-refractivity contribution in [1.29, 1.82) is 0 Å². The van der Waals surface area contributed by atoms with Crippen molar-refractivity contribution in [3.8, 4) is 11.8 Å². The summed E-state index contributed by atoms with van der Waals surface area (Å²) in [5.74, 6) is 5.20. The molecule has 2 aromatic heterocycles. The second kappa shape index (κ2) is 12.0. The van der Waals surface area contributed by atoms with Gasteiger partial charge in [0.1, 0.15) is 10.6 Å². The number of carboxylic acids is 1. The maximum absolute atomic E-state index is 12.5. The summed E-state index contributed by atoms with van der Waals surface area (Å²) in [5.41, 5.74) is 4.36. The van der Waals surface area contributed by atoms with Crippen LogP contribution in [-0.2, 0) is 12.8 Å². The number of aliphatic hydroxyl groups excluding tert-OH is 1. The molecule has 1 aromatic carbocycles. The molecular formula is C25H23N3O4S3. The zero-order valence-corrected chi connectivity index (χ0v) is 21.1. The van der Waals surface area contributed by atoms with Crippen molar-refractivity contribution < 1.29 is 19.8 Å². The van der Waals surface area contributed by atoms with Gasteiger partial charge in [0.2, 0.25) is 0 Å². The minimum atomic E-state index is -0.943. The Hall–Kier alpha value is -3.10. The third-order valence-electron chi connectivity index (χ3n) is 5.22. The molecule has 0 saturated carbocycles. The molecule has 4 rings (SSSR count). The maximum Gasteiger partial charge on any atom is 0.345 e. The lowest BCUT2D eigenvalue weighted by atomic mass is 10.0. The van der Waals surface area contributed by atoms with Gasteiger partial charge in [0.15, 0.2) is 0 Å². The van der Waals surface area contributed by atoms with E-state index < -0.39 is 12.1 Å². The van der Waals surface area contributed by atoms with Crippen LogP contribution < -0.4 is 0 Å². The molecule has 0 unspecified atom stereocenters. The SMILES string of the molecule is O=C(O)c1ccc(CCN2C(=O)SC=CN2CC[C@@H](O)Cc2cccc(C#Cc3cscn3)c2)s1. The molecule has 1 amide bonds. The van der Waals surface area contributed by atoms with Crippen molar-refractivity contribution in [3.05, 3.63) is 85.5 Å². The van der Waals surface area contributed by atoms with E-state index in [1.807, 2.05) is 40.9 Å². The summed E-state index contributed by atoms with van der Waals surface area (Å²) in [6, 6.07) is 11.2. The van der Waals surface area contributed by atoms with Gasteiger partial charge in [-0.1, -0.05) is 18.1 Å². The Kier molecular flexibility index (Phi) is 8.60. The summed E-state index contributed by atoms with van der Waals surface area (Å²) in [5, 5.41) is 26.8. The smallest absolute Gasteiger partial charge is 0.345 e. The number of thiophene rings is 1. The molecule has 0 saturated heterocycles. The molecule has 2 N–H and O–H groups in total. The number of thioether (sulfide) groups is 1. The molecule has 180 valence electrons. The lowest BCUT2D eigenvalue weighted by Gasteiger charge is -2.36. The molecular weight excluding hydrogens is 502 g/mol. The first-order valence-electron chi connectivity index (χ1n) is 10.9. The molecule has 3 heterocycles. The average molecular weight is 526 g/mol. The van der Waals surface area contributed by atoms with Gasteiger partial charge in [0, 0.05) is 41.5 Å². The van der Waals surface area contributed by atoms with E-state index in [1.165, 1.54) is 22.7 Å². The van der Waals surface area contributed by atoms with Crippen molar-refractivity contribution in [1.82, 2.24) is 15.0 Å². The first-order chi connectivity index (χ1) is 17.0. The first kappa shape index (κ1) is 25.0. The summed E-state index contributed by atoms with van der Waals surface area (Å²) in [7, 11) is 0. The van der Waals surface area contributed by atoms with Crippen LogP contribution in [-0.4, -0.2) is 55.6 Å². The van der Waals surface area contributed by atoms with Gasteiger partial charge in [-0.05, 0) is 65.8 Å². The number of aromatic nitrogens is 1. The van der Waals surface area contributed by atoms with Crippen molar-refractivity contribution in [2.45, 2.75) is 25.4 Å². The maximum atomic E-state index is 12.5. The van der Waals surface area contributed by atoms with Gasteiger partial charge in [0.25, 0.3) is 0 Å². The molecule has 0 bridgehead atoms. The predicted octanol–water partition coefficient (Wildman–Crippen LogP) is 4.70. The van der Waals surface area contributed by atoms with Gasteiger partial charge < -0.3 is 10.2 Å². The zero-order valence-electron chi connectivity index (χ0n) is 18.7. The number of hydrogen-bond donors (Lipinski definition) is 2. The van der Waals surface area contributed by atoms with Crippen molar-refractivity contribution in [2.75, 3.05) is 13.1 Å². The van der Waals surface area contributed by atoms with Crippen LogP contribution >= 0.6 is 34.4 Å². The Morgan fingerprint density at radius 3 is 2.83 bits per heavy atom. The van der Waals surface area contributed by atoms with Crippen LogP contribution in [0.5, 0.6) is 0 Å². The van der Waals surface area contributed by atoms with E-state index in [1.54, 1.807) is 28.1 Å². The van der Waals surface area contributed by atoms with Crippen molar-refractivity contribution >= 4 is 45.6 Å². The summed E-state index contributed by atoms with van der Waals surface area (Å²) in [6.45, 7) is 0.920. The lowest BCUT2D eigenvalue weighted by Crippen LogP contribution is -2.45. The van der Waals surface area contributed by atoms with Gasteiger partial charge >= 0.3 is 11.2 Å². The summed E-state index contributed by atoms with van der Waals surface area (Å²) < 4.78 is 0. The topological polar surface area (TPSA) is 94.0 Å². The summed E-state index contributed by atoms with van der Waals surface area (Å²) >= 11 is 3.84. The van der Waals surface area contributed by atoms with Gasteiger partial charge in [0.05, 0.1) is 11.6 Å². The lowest BCUT2D eigenvalue weighted by molar-refractivity contribution is 0.0548. The number of benzene rings is 1. The van der Waals surface area contributed by atoms with Crippen LogP contribution in [0.4, 0.5) is 4.79 Å². The summed E-state index contributed by atoms with van der Waals surface area (Å²) in [6.07, 6.45) is 2.79. The van der Waals surface area contributed by atoms with E-state index in [0.717, 1.165) is 33.5 Å². The number of carboxylic acid groups (broad SMARTS) is 1. The molecule has 1 aliphatic rings. The number of carbonyl (C=O) groups excluding carboxylic acids is 1. The fourth-order valence-electron chi connectivity index (χ4n) is 3.51. The largest absolute Gasteiger partial charge is 0.477 e. The molecule has 0 spiro atoms. The number of aliphatic hydroxyl groups is 1. The highest BCUT2D eigenvalue weighted by atomic mass is 32.2. The Bertz CT molecular complexity index is 1260. The van der Waals surface area contributed by atoms with E-state index in [2.05, 4.69) is 16.8 Å². The highest BCUT2D eigenvalue weighted by Gasteiger charge is 2.23. The Morgan fingerprint density at radius 2 is 2.06 bits per heavy atom. The normalized spacial score (nSPS) is 14.0. The third kappa shape index (κ3) is 7.19. The van der Waals surface area contributed by atoms with Crippen LogP contribution in [0.25, 0.3) is 0 Å². The highest BCUT2D eigenvalue weighted by molar-refractivity contribution is 8.16. The van der Waals surface area contributed by atoms with Crippen molar-refractivity contribution in [2.24, 2.45) is 0 Å². The molecule has 0 fully saturated rings. The number of carbonyl (C=O) groups is 2. The van der Waals surface area contributed by atoms with E-state index in [4.69, 9.17) is 5.11 Å². The first-order valence-corrected chi connectivity index (χ1v) is 13.5. The number of hydrogen-bond acceptors (Lipinski definition) is 8. The average Bonchev–Trinajstić information content (AvgIpc) is 3.53. The number of hydrazine groups is 1. The second-order valence-corrected chi connectivity index (χ2v) is 10.5. The molecule has 1 atom stereocenters. The van der Waals surface area contributed by atoms with Crippen LogP contribution in [0.15, 0.2) is 58.9 Å². The predicted molar refractivity (Wildman–Crippen MR) is 139 cm³/mol. The number of rotatable bonds is 9. The van der Waals surface area contributed by atoms with E-state index in [-0.39, 0.29) is 10.1 Å². The van der Waals surface area contributed by atoms with Gasteiger partial charge in [-0.2, -0.15) is 0 Å². The Labute approximate surface area is 215 Å². The van der Waals surface area contributed by atoms with Gasteiger partial charge in [-0.3, -0.25) is 9.80 Å². The quantitative estimate of drug-likeness (QED) is 0.391. The standard InChI is InChI=1S/C25H23N3O4S3/c29-21(15-19-3-1-2-18(14-19)4-5-20-16-33-17-26-20)8-10-27-12-13-34-25(32)28(27)11-9-22-6-7-23(35-22)24(30)31/h1-3,6-7,12-14,16-17,21,29H,8-11,15H2,(H,30,31)/t21-/m1/s1. The van der Waals surface area contributed by atoms with E-state index in [9.17, 15) is 14.7 Å². The molecule has 0 radical (unpaired) electrons. The fourth-order valence-corrected chi connectivity index (χ4v) is 5.46. The minimum absolute atomic E-state index is 0.0941. The summed E-state index contributed by atoms with van der Waals surface area (Å²) in [4.78, 5) is 28.9. The van der Waals surface area contributed by atoms with Gasteiger partial charge in [-0.15, -0.1) is 22.7 Å². The number of thiazole rings is 1. The van der Waals surface area contributed by atoms with Crippen LogP contribution in [0.2, 0.25) is 0 Å². The Morgan fingerprint density at radius 1 is 1.17 bits per heavy atom. The number of amides is 1. The molecule has 1 aliphatic heterocycles. The van der Waals surface area contributed by atoms with E-state index >= 15 is 0 Å². The monoisotopic (exact) mass is 525 g/mol. The van der Waals surface area contributed by atoms with E-state index in [0.29, 0.717) is 32.4 Å². The molecule has 0 aliphatic carbocycles. The molecule has 7 nitrogen and oxygen atoms in total. The van der Waals surface area contributed by atoms with Crippen LogP contribution in [0, 0.1) is 11.8 Å². The highest BCUT2D eigenvalue weighted by Crippen LogP contribution is 2.23. The Balaban J connectivity index is 1.31. The zero-order chi connectivity index (χ0) is 24.6. The van der Waals surface area contributed by atoms with Gasteiger partial charge in [-0.25, -0.2) is 14.8 Å². The minimum Gasteiger partial charge on any atom is -0.477 e. The van der Waals surface area contributed by atoms with Crippen LogP contribution in [0.1, 0.15) is 37.8 Å². The molecule has 10 heteroatoms. The molecule has 3 aromatic rings. The third-order valence-corrected chi connectivity index (χ3v) is 7.61.